The molecule has 1 aromatic heterocycles. The van der Waals surface area contributed by atoms with Crippen molar-refractivity contribution in [2.75, 3.05) is 19.0 Å². The Labute approximate surface area is 102 Å². The van der Waals surface area contributed by atoms with E-state index in [0.29, 0.717) is 0 Å². The number of aromatic nitrogens is 1. The Morgan fingerprint density at radius 2 is 1.71 bits per heavy atom. The summed E-state index contributed by atoms with van der Waals surface area (Å²) in [7, 11) is 4.05. The number of benzene rings is 1. The van der Waals surface area contributed by atoms with Gasteiger partial charge >= 0.3 is 0 Å². The van der Waals surface area contributed by atoms with Crippen LogP contribution in [0.25, 0.3) is 12.2 Å². The molecule has 0 aliphatic carbocycles. The molecule has 2 aromatic rings. The van der Waals surface area contributed by atoms with E-state index in [1.54, 1.807) is 0 Å². The molecule has 0 aliphatic heterocycles. The molecule has 0 unspecified atom stereocenters. The Morgan fingerprint density at radius 1 is 0.941 bits per heavy atom. The van der Waals surface area contributed by atoms with Gasteiger partial charge in [0.15, 0.2) is 0 Å². The highest BCUT2D eigenvalue weighted by molar-refractivity contribution is 5.74. The first-order chi connectivity index (χ1) is 8.27. The fourth-order valence-corrected chi connectivity index (χ4v) is 1.65. The highest BCUT2D eigenvalue weighted by Crippen LogP contribution is 2.17. The van der Waals surface area contributed by atoms with Gasteiger partial charge in [0.05, 0.1) is 11.4 Å². The smallest absolute Gasteiger partial charge is 0.0863 e. The third-order valence-electron chi connectivity index (χ3n) is 2.53. The SMILES string of the molecule is CN(C)c1cccnc1C=Cc1ccccc1. The minimum absolute atomic E-state index is 0.987. The Morgan fingerprint density at radius 3 is 2.41 bits per heavy atom. The van der Waals surface area contributed by atoms with Crippen LogP contribution >= 0.6 is 0 Å². The quantitative estimate of drug-likeness (QED) is 0.795. The van der Waals surface area contributed by atoms with Gasteiger partial charge in [0.25, 0.3) is 0 Å². The van der Waals surface area contributed by atoms with Crippen molar-refractivity contribution in [3.05, 3.63) is 59.9 Å². The molecule has 0 amide bonds. The average Bonchev–Trinajstić information content (AvgIpc) is 2.38. The first-order valence-corrected chi connectivity index (χ1v) is 5.63. The van der Waals surface area contributed by atoms with Gasteiger partial charge in [0.2, 0.25) is 0 Å². The number of anilines is 1. The second-order valence-corrected chi connectivity index (χ2v) is 4.05. The summed E-state index contributed by atoms with van der Waals surface area (Å²) in [6.07, 6.45) is 5.94. The zero-order valence-corrected chi connectivity index (χ0v) is 10.2. The summed E-state index contributed by atoms with van der Waals surface area (Å²) < 4.78 is 0. The number of rotatable bonds is 3. The fourth-order valence-electron chi connectivity index (χ4n) is 1.65. The molecule has 86 valence electrons. The predicted octanol–water partition coefficient (Wildman–Crippen LogP) is 3.32. The molecule has 0 N–H and O–H groups in total. The normalized spacial score (nSPS) is 10.7. The summed E-state index contributed by atoms with van der Waals surface area (Å²) in [6.45, 7) is 0. The van der Waals surface area contributed by atoms with Crippen molar-refractivity contribution in [1.82, 2.24) is 4.98 Å². The van der Waals surface area contributed by atoms with E-state index in [2.05, 4.69) is 34.2 Å². The van der Waals surface area contributed by atoms with Crippen molar-refractivity contribution in [3.8, 4) is 0 Å². The summed E-state index contributed by atoms with van der Waals surface area (Å²) in [5.41, 5.74) is 3.30. The first-order valence-electron chi connectivity index (χ1n) is 5.63. The molecule has 0 atom stereocenters. The largest absolute Gasteiger partial charge is 0.376 e. The monoisotopic (exact) mass is 224 g/mol. The van der Waals surface area contributed by atoms with Crippen LogP contribution in [0.2, 0.25) is 0 Å². The molecular weight excluding hydrogens is 208 g/mol. The molecule has 1 aromatic carbocycles. The molecule has 2 heteroatoms. The fraction of sp³-hybridized carbons (Fsp3) is 0.133. The Bertz CT molecular complexity index is 501. The van der Waals surface area contributed by atoms with Crippen LogP contribution in [-0.2, 0) is 0 Å². The zero-order valence-electron chi connectivity index (χ0n) is 10.2. The predicted molar refractivity (Wildman–Crippen MR) is 73.9 cm³/mol. The van der Waals surface area contributed by atoms with E-state index >= 15 is 0 Å². The lowest BCUT2D eigenvalue weighted by Gasteiger charge is -2.14. The maximum atomic E-state index is 4.39. The topological polar surface area (TPSA) is 16.1 Å². The molecule has 0 fully saturated rings. The Hall–Kier alpha value is -2.09. The molecule has 0 radical (unpaired) electrons. The zero-order chi connectivity index (χ0) is 12.1. The van der Waals surface area contributed by atoms with Crippen LogP contribution in [0.1, 0.15) is 11.3 Å². The third-order valence-corrected chi connectivity index (χ3v) is 2.53. The summed E-state index contributed by atoms with van der Waals surface area (Å²) in [5.74, 6) is 0. The Kier molecular flexibility index (Phi) is 3.55. The lowest BCUT2D eigenvalue weighted by atomic mass is 10.2. The summed E-state index contributed by atoms with van der Waals surface area (Å²) in [6, 6.07) is 14.3. The molecule has 2 rings (SSSR count). The minimum atomic E-state index is 0.987. The van der Waals surface area contributed by atoms with Crippen molar-refractivity contribution in [3.63, 3.8) is 0 Å². The second-order valence-electron chi connectivity index (χ2n) is 4.05. The number of hydrogen-bond donors (Lipinski definition) is 0. The lowest BCUT2D eigenvalue weighted by Crippen LogP contribution is -2.10. The van der Waals surface area contributed by atoms with Crippen molar-refractivity contribution in [2.24, 2.45) is 0 Å². The summed E-state index contributed by atoms with van der Waals surface area (Å²) in [5, 5.41) is 0. The van der Waals surface area contributed by atoms with Gasteiger partial charge in [-0.05, 0) is 23.8 Å². The Balaban J connectivity index is 2.27. The van der Waals surface area contributed by atoms with Crippen LogP contribution < -0.4 is 4.90 Å². The van der Waals surface area contributed by atoms with Crippen LogP contribution in [0.5, 0.6) is 0 Å². The van der Waals surface area contributed by atoms with Gasteiger partial charge in [-0.3, -0.25) is 4.98 Å². The molecule has 2 nitrogen and oxygen atoms in total. The first kappa shape index (κ1) is 11.4. The molecule has 0 spiro atoms. The van der Waals surface area contributed by atoms with E-state index in [1.807, 2.05) is 50.6 Å². The maximum absolute atomic E-state index is 4.39. The van der Waals surface area contributed by atoms with Gasteiger partial charge in [0, 0.05) is 20.3 Å². The highest BCUT2D eigenvalue weighted by Gasteiger charge is 2.00. The number of hydrogen-bond acceptors (Lipinski definition) is 2. The standard InChI is InChI=1S/C15H16N2/c1-17(2)15-9-6-12-16-14(15)11-10-13-7-4-3-5-8-13/h3-12H,1-2H3. The van der Waals surface area contributed by atoms with Crippen LogP contribution in [0, 0.1) is 0 Å². The van der Waals surface area contributed by atoms with Crippen molar-refractivity contribution < 1.29 is 0 Å². The van der Waals surface area contributed by atoms with E-state index in [4.69, 9.17) is 0 Å². The summed E-state index contributed by atoms with van der Waals surface area (Å²) in [4.78, 5) is 6.45. The lowest BCUT2D eigenvalue weighted by molar-refractivity contribution is 1.10. The highest BCUT2D eigenvalue weighted by atomic mass is 15.1. The van der Waals surface area contributed by atoms with Crippen LogP contribution in [-0.4, -0.2) is 19.1 Å². The number of pyridine rings is 1. The average molecular weight is 224 g/mol. The van der Waals surface area contributed by atoms with Crippen molar-refractivity contribution in [2.45, 2.75) is 0 Å². The molecule has 0 bridgehead atoms. The van der Waals surface area contributed by atoms with Gasteiger partial charge in [-0.2, -0.15) is 0 Å². The molecule has 17 heavy (non-hydrogen) atoms. The van der Waals surface area contributed by atoms with Crippen molar-refractivity contribution in [1.29, 1.82) is 0 Å². The minimum Gasteiger partial charge on any atom is -0.376 e. The molecule has 0 saturated carbocycles. The molecular formula is C15H16N2. The van der Waals surface area contributed by atoms with E-state index in [1.165, 1.54) is 5.56 Å². The summed E-state index contributed by atoms with van der Waals surface area (Å²) >= 11 is 0. The molecule has 1 heterocycles. The molecule has 0 aliphatic rings. The second kappa shape index (κ2) is 5.30. The van der Waals surface area contributed by atoms with Gasteiger partial charge in [0.1, 0.15) is 0 Å². The van der Waals surface area contributed by atoms with Crippen LogP contribution in [0.4, 0.5) is 5.69 Å². The van der Waals surface area contributed by atoms with Crippen molar-refractivity contribution >= 4 is 17.8 Å². The van der Waals surface area contributed by atoms with Crippen LogP contribution in [0.3, 0.4) is 0 Å². The molecule has 0 saturated heterocycles. The van der Waals surface area contributed by atoms with E-state index in [0.717, 1.165) is 11.4 Å². The van der Waals surface area contributed by atoms with Crippen LogP contribution in [0.15, 0.2) is 48.7 Å². The third kappa shape index (κ3) is 2.94. The van der Waals surface area contributed by atoms with Gasteiger partial charge in [-0.1, -0.05) is 36.4 Å². The maximum Gasteiger partial charge on any atom is 0.0863 e. The van der Waals surface area contributed by atoms with Gasteiger partial charge in [-0.25, -0.2) is 0 Å². The van der Waals surface area contributed by atoms with E-state index in [-0.39, 0.29) is 0 Å². The van der Waals surface area contributed by atoms with Gasteiger partial charge < -0.3 is 4.90 Å². The van der Waals surface area contributed by atoms with E-state index < -0.39 is 0 Å². The van der Waals surface area contributed by atoms with Gasteiger partial charge in [-0.15, -0.1) is 0 Å². The van der Waals surface area contributed by atoms with E-state index in [9.17, 15) is 0 Å². The number of nitrogens with zero attached hydrogens (tertiary/aromatic N) is 2.